The van der Waals surface area contributed by atoms with Crippen LogP contribution in [0.5, 0.6) is 0 Å². The van der Waals surface area contributed by atoms with E-state index in [0.29, 0.717) is 27.6 Å². The average Bonchev–Trinajstić information content (AvgIpc) is 2.29. The molecule has 0 aliphatic rings. The second-order valence-electron chi connectivity index (χ2n) is 3.99. The largest absolute Gasteiger partial charge is 0.324 e. The Morgan fingerprint density at radius 1 is 0.750 bits per heavy atom. The van der Waals surface area contributed by atoms with Gasteiger partial charge < -0.3 is 10.6 Å². The Bertz CT molecular complexity index is 571. The van der Waals surface area contributed by atoms with Gasteiger partial charge in [-0.25, -0.2) is 0 Å². The zero-order chi connectivity index (χ0) is 15.6. The third-order valence-corrected chi connectivity index (χ3v) is 5.51. The highest BCUT2D eigenvalue weighted by molar-refractivity contribution is 14.1. The van der Waals surface area contributed by atoms with E-state index < -0.39 is 0 Å². The fraction of sp³-hybridized carbons (Fsp3) is 0.250. The molecule has 0 atom stereocenters. The van der Waals surface area contributed by atoms with Gasteiger partial charge in [0, 0.05) is 26.6 Å². The third kappa shape index (κ3) is 4.02. The molecule has 0 unspecified atom stereocenters. The van der Waals surface area contributed by atoms with Crippen molar-refractivity contribution in [1.82, 2.24) is 0 Å². The standard InChI is InChI=1S/C12H11I3N2O3/c1-4(18)7-8(13)11(16-5(2)19)10(15)12(9(7)14)17-6(3)20/h1-3H3,(H,16,19)(H,17,20). The summed E-state index contributed by atoms with van der Waals surface area (Å²) >= 11 is 6.12. The first kappa shape index (κ1) is 18.1. The van der Waals surface area contributed by atoms with E-state index in [0.717, 1.165) is 0 Å². The molecule has 0 radical (unpaired) electrons. The molecule has 0 bridgehead atoms. The Hall–Kier alpha value is 0.0200. The number of carbonyl (C=O) groups excluding carboxylic acids is 3. The SMILES string of the molecule is CC(=O)Nc1c(I)c(NC(C)=O)c(I)c(C(C)=O)c1I. The molecule has 0 aliphatic heterocycles. The second kappa shape index (κ2) is 7.33. The minimum Gasteiger partial charge on any atom is -0.324 e. The van der Waals surface area contributed by atoms with E-state index in [1.54, 1.807) is 0 Å². The molecule has 0 heterocycles. The second-order valence-corrected chi connectivity index (χ2v) is 7.22. The summed E-state index contributed by atoms with van der Waals surface area (Å²) in [6.07, 6.45) is 0. The fourth-order valence-electron chi connectivity index (χ4n) is 1.54. The van der Waals surface area contributed by atoms with Crippen LogP contribution in [0.1, 0.15) is 31.1 Å². The molecule has 2 amide bonds. The molecule has 0 aliphatic carbocycles. The van der Waals surface area contributed by atoms with Gasteiger partial charge in [-0.2, -0.15) is 0 Å². The lowest BCUT2D eigenvalue weighted by Gasteiger charge is -2.18. The lowest BCUT2D eigenvalue weighted by atomic mass is 10.1. The van der Waals surface area contributed by atoms with Gasteiger partial charge in [0.2, 0.25) is 11.8 Å². The zero-order valence-electron chi connectivity index (χ0n) is 10.9. The highest BCUT2D eigenvalue weighted by atomic mass is 127. The van der Waals surface area contributed by atoms with Crippen molar-refractivity contribution in [2.24, 2.45) is 0 Å². The number of hydrogen-bond donors (Lipinski definition) is 2. The maximum atomic E-state index is 11.8. The van der Waals surface area contributed by atoms with Crippen molar-refractivity contribution in [2.75, 3.05) is 10.6 Å². The fourth-order valence-corrected chi connectivity index (χ4v) is 6.01. The molecular weight excluding hydrogens is 601 g/mol. The first-order chi connectivity index (χ1) is 9.16. The van der Waals surface area contributed by atoms with Gasteiger partial charge in [-0.15, -0.1) is 0 Å². The molecule has 1 aromatic carbocycles. The summed E-state index contributed by atoms with van der Waals surface area (Å²) in [6, 6.07) is 0. The van der Waals surface area contributed by atoms with Gasteiger partial charge in [0.05, 0.1) is 14.9 Å². The van der Waals surface area contributed by atoms with Gasteiger partial charge in [0.25, 0.3) is 0 Å². The highest BCUT2D eigenvalue weighted by Gasteiger charge is 2.23. The lowest BCUT2D eigenvalue weighted by molar-refractivity contribution is -0.115. The topological polar surface area (TPSA) is 75.3 Å². The lowest BCUT2D eigenvalue weighted by Crippen LogP contribution is -2.17. The number of halogens is 3. The smallest absolute Gasteiger partial charge is 0.221 e. The van der Waals surface area contributed by atoms with E-state index in [4.69, 9.17) is 0 Å². The quantitative estimate of drug-likeness (QED) is 0.405. The summed E-state index contributed by atoms with van der Waals surface area (Å²) in [5, 5.41) is 5.43. The number of Topliss-reactive ketones (excluding diaryl/α,β-unsaturated/α-hetero) is 1. The van der Waals surface area contributed by atoms with Crippen molar-refractivity contribution in [1.29, 1.82) is 0 Å². The summed E-state index contributed by atoms with van der Waals surface area (Å²) in [5.41, 5.74) is 1.60. The molecule has 20 heavy (non-hydrogen) atoms. The number of amides is 2. The van der Waals surface area contributed by atoms with Crippen LogP contribution in [0.4, 0.5) is 11.4 Å². The van der Waals surface area contributed by atoms with Crippen molar-refractivity contribution < 1.29 is 14.4 Å². The number of nitrogens with one attached hydrogen (secondary N) is 2. The molecule has 0 saturated heterocycles. The molecule has 0 fully saturated rings. The van der Waals surface area contributed by atoms with Crippen LogP contribution in [0, 0.1) is 10.7 Å². The summed E-state index contributed by atoms with van der Waals surface area (Å²) in [6.45, 7) is 4.26. The monoisotopic (exact) mass is 612 g/mol. The molecule has 5 nitrogen and oxygen atoms in total. The molecule has 8 heteroatoms. The van der Waals surface area contributed by atoms with Gasteiger partial charge in [-0.1, -0.05) is 0 Å². The molecule has 2 N–H and O–H groups in total. The first-order valence-electron chi connectivity index (χ1n) is 5.43. The minimum atomic E-state index is -0.231. The Balaban J connectivity index is 3.68. The maximum absolute atomic E-state index is 11.8. The number of carbonyl (C=O) groups is 3. The predicted molar refractivity (Wildman–Crippen MR) is 103 cm³/mol. The van der Waals surface area contributed by atoms with E-state index >= 15 is 0 Å². The van der Waals surface area contributed by atoms with E-state index in [2.05, 4.69) is 10.6 Å². The van der Waals surface area contributed by atoms with Crippen molar-refractivity contribution in [3.05, 3.63) is 16.3 Å². The summed E-state index contributed by atoms with van der Waals surface area (Å²) < 4.78 is 2.05. The van der Waals surface area contributed by atoms with Crippen LogP contribution < -0.4 is 10.6 Å². The van der Waals surface area contributed by atoms with Gasteiger partial charge in [-0.3, -0.25) is 14.4 Å². The van der Waals surface area contributed by atoms with Crippen molar-refractivity contribution >= 4 is 96.7 Å². The molecule has 0 spiro atoms. The van der Waals surface area contributed by atoms with Crippen molar-refractivity contribution in [2.45, 2.75) is 20.8 Å². The first-order valence-corrected chi connectivity index (χ1v) is 8.67. The van der Waals surface area contributed by atoms with Crippen molar-refractivity contribution in [3.8, 4) is 0 Å². The number of benzene rings is 1. The average molecular weight is 612 g/mol. The minimum absolute atomic E-state index is 0.117. The molecular formula is C12H11I3N2O3. The van der Waals surface area contributed by atoms with Gasteiger partial charge in [-0.05, 0) is 74.7 Å². The normalized spacial score (nSPS) is 10.1. The highest BCUT2D eigenvalue weighted by Crippen LogP contribution is 2.39. The molecule has 0 aromatic heterocycles. The van der Waals surface area contributed by atoms with Gasteiger partial charge >= 0.3 is 0 Å². The number of ketones is 1. The Labute approximate surface area is 157 Å². The van der Waals surface area contributed by atoms with Crippen LogP contribution in [0.2, 0.25) is 0 Å². The maximum Gasteiger partial charge on any atom is 0.221 e. The Kier molecular flexibility index (Phi) is 6.63. The third-order valence-electron chi connectivity index (χ3n) is 2.27. The van der Waals surface area contributed by atoms with Crippen LogP contribution in [-0.4, -0.2) is 17.6 Å². The van der Waals surface area contributed by atoms with Crippen molar-refractivity contribution in [3.63, 3.8) is 0 Å². The van der Waals surface area contributed by atoms with Crippen LogP contribution in [0.3, 0.4) is 0 Å². The van der Waals surface area contributed by atoms with Gasteiger partial charge in [0.1, 0.15) is 0 Å². The summed E-state index contributed by atoms with van der Waals surface area (Å²) in [4.78, 5) is 34.5. The number of hydrogen-bond acceptors (Lipinski definition) is 3. The van der Waals surface area contributed by atoms with Crippen LogP contribution >= 0.6 is 67.8 Å². The van der Waals surface area contributed by atoms with Crippen LogP contribution in [-0.2, 0) is 9.59 Å². The molecule has 0 saturated carbocycles. The zero-order valence-corrected chi connectivity index (χ0v) is 17.3. The van der Waals surface area contributed by atoms with Gasteiger partial charge in [0.15, 0.2) is 5.78 Å². The molecule has 108 valence electrons. The Morgan fingerprint density at radius 2 is 1.10 bits per heavy atom. The summed E-state index contributed by atoms with van der Waals surface area (Å²) in [5.74, 6) is -0.580. The number of anilines is 2. The number of rotatable bonds is 3. The predicted octanol–water partition coefficient (Wildman–Crippen LogP) is 3.62. The van der Waals surface area contributed by atoms with E-state index in [-0.39, 0.29) is 17.6 Å². The van der Waals surface area contributed by atoms with Crippen LogP contribution in [0.25, 0.3) is 0 Å². The van der Waals surface area contributed by atoms with E-state index in [1.807, 2.05) is 67.8 Å². The van der Waals surface area contributed by atoms with E-state index in [1.165, 1.54) is 20.8 Å². The molecule has 1 aromatic rings. The summed E-state index contributed by atoms with van der Waals surface area (Å²) in [7, 11) is 0. The Morgan fingerprint density at radius 3 is 1.35 bits per heavy atom. The molecule has 1 rings (SSSR count). The van der Waals surface area contributed by atoms with E-state index in [9.17, 15) is 14.4 Å². The van der Waals surface area contributed by atoms with Crippen LogP contribution in [0.15, 0.2) is 0 Å².